The lowest BCUT2D eigenvalue weighted by Gasteiger charge is -2.00. The van der Waals surface area contributed by atoms with E-state index in [-0.39, 0.29) is 0 Å². The summed E-state index contributed by atoms with van der Waals surface area (Å²) in [6, 6.07) is 3.68. The number of guanidine groups is 1. The largest absolute Gasteiger partial charge is 0.458 e. The van der Waals surface area contributed by atoms with Crippen LogP contribution in [0.5, 0.6) is 0 Å². The van der Waals surface area contributed by atoms with Crippen LogP contribution in [-0.2, 0) is 11.3 Å². The Kier molecular flexibility index (Phi) is 5.10. The number of aliphatic imine (C=N–C) groups is 1. The molecule has 0 unspecified atom stereocenters. The van der Waals surface area contributed by atoms with Crippen molar-refractivity contribution in [2.45, 2.75) is 6.54 Å². The number of aromatic nitrogens is 1. The molecular weight excluding hydrogens is 278 g/mol. The second-order valence-electron chi connectivity index (χ2n) is 3.89. The van der Waals surface area contributed by atoms with Gasteiger partial charge in [-0.15, -0.1) is 11.3 Å². The zero-order valence-corrected chi connectivity index (χ0v) is 11.9. The lowest BCUT2D eigenvalue weighted by Crippen LogP contribution is -2.23. The SMILES string of the molecule is COCCN=C(N)Nc1nc(-c2ccc(CN)o2)cs1. The average molecular weight is 295 g/mol. The van der Waals surface area contributed by atoms with Gasteiger partial charge in [0.15, 0.2) is 16.9 Å². The maximum Gasteiger partial charge on any atom is 0.195 e. The third-order valence-electron chi connectivity index (χ3n) is 2.43. The fourth-order valence-electron chi connectivity index (χ4n) is 1.48. The van der Waals surface area contributed by atoms with Crippen LogP contribution in [0.4, 0.5) is 5.13 Å². The molecule has 8 heteroatoms. The summed E-state index contributed by atoms with van der Waals surface area (Å²) in [6.07, 6.45) is 0. The third kappa shape index (κ3) is 3.80. The Balaban J connectivity index is 2.00. The summed E-state index contributed by atoms with van der Waals surface area (Å²) in [7, 11) is 1.62. The van der Waals surface area contributed by atoms with Crippen molar-refractivity contribution in [3.8, 4) is 11.5 Å². The lowest BCUT2D eigenvalue weighted by molar-refractivity contribution is 0.208. The highest BCUT2D eigenvalue weighted by molar-refractivity contribution is 7.14. The molecule has 0 atom stereocenters. The number of rotatable bonds is 6. The normalized spacial score (nSPS) is 11.8. The van der Waals surface area contributed by atoms with Gasteiger partial charge in [0.2, 0.25) is 0 Å². The Morgan fingerprint density at radius 3 is 3.10 bits per heavy atom. The fourth-order valence-corrected chi connectivity index (χ4v) is 2.18. The molecule has 2 heterocycles. The number of thiazole rings is 1. The molecule has 0 fully saturated rings. The summed E-state index contributed by atoms with van der Waals surface area (Å²) in [5.41, 5.74) is 12.0. The zero-order chi connectivity index (χ0) is 14.4. The predicted octanol–water partition coefficient (Wildman–Crippen LogP) is 1.23. The van der Waals surface area contributed by atoms with Crippen LogP contribution in [-0.4, -0.2) is 31.2 Å². The van der Waals surface area contributed by atoms with Crippen LogP contribution in [0.3, 0.4) is 0 Å². The maximum absolute atomic E-state index is 5.73. The van der Waals surface area contributed by atoms with E-state index in [2.05, 4.69) is 15.3 Å². The molecule has 2 aromatic rings. The molecule has 0 aliphatic heterocycles. The number of ether oxygens (including phenoxy) is 1. The summed E-state index contributed by atoms with van der Waals surface area (Å²) in [6.45, 7) is 1.40. The van der Waals surface area contributed by atoms with E-state index in [0.717, 1.165) is 11.5 Å². The number of furan rings is 1. The quantitative estimate of drug-likeness (QED) is 0.420. The van der Waals surface area contributed by atoms with Crippen LogP contribution >= 0.6 is 11.3 Å². The number of nitrogens with two attached hydrogens (primary N) is 2. The van der Waals surface area contributed by atoms with E-state index in [1.54, 1.807) is 7.11 Å². The Hall–Kier alpha value is -1.90. The molecule has 2 aromatic heterocycles. The molecule has 0 aromatic carbocycles. The number of methoxy groups -OCH3 is 1. The molecule has 0 saturated carbocycles. The van der Waals surface area contributed by atoms with Crippen molar-refractivity contribution in [3.63, 3.8) is 0 Å². The third-order valence-corrected chi connectivity index (χ3v) is 3.19. The summed E-state index contributed by atoms with van der Waals surface area (Å²) in [5, 5.41) is 5.46. The van der Waals surface area contributed by atoms with Gasteiger partial charge in [0.1, 0.15) is 11.5 Å². The van der Waals surface area contributed by atoms with E-state index < -0.39 is 0 Å². The molecule has 7 nitrogen and oxygen atoms in total. The van der Waals surface area contributed by atoms with Gasteiger partial charge in [0, 0.05) is 12.5 Å². The summed E-state index contributed by atoms with van der Waals surface area (Å²) in [4.78, 5) is 8.47. The van der Waals surface area contributed by atoms with Crippen molar-refractivity contribution in [3.05, 3.63) is 23.3 Å². The molecule has 2 rings (SSSR count). The van der Waals surface area contributed by atoms with Gasteiger partial charge < -0.3 is 25.9 Å². The molecule has 20 heavy (non-hydrogen) atoms. The summed E-state index contributed by atoms with van der Waals surface area (Å²) < 4.78 is 10.4. The molecule has 0 bridgehead atoms. The van der Waals surface area contributed by atoms with Crippen LogP contribution in [0.1, 0.15) is 5.76 Å². The number of hydrogen-bond acceptors (Lipinski definition) is 6. The van der Waals surface area contributed by atoms with E-state index in [4.69, 9.17) is 20.6 Å². The first-order chi connectivity index (χ1) is 9.72. The van der Waals surface area contributed by atoms with Crippen molar-refractivity contribution < 1.29 is 9.15 Å². The van der Waals surface area contributed by atoms with E-state index >= 15 is 0 Å². The van der Waals surface area contributed by atoms with Crippen LogP contribution in [0, 0.1) is 0 Å². The molecular formula is C12H17N5O2S. The Bertz CT molecular complexity index is 578. The molecule has 108 valence electrons. The van der Waals surface area contributed by atoms with Gasteiger partial charge in [-0.1, -0.05) is 0 Å². The minimum atomic E-state index is 0.310. The monoisotopic (exact) mass is 295 g/mol. The standard InChI is InChI=1S/C12H17N5O2S/c1-18-5-4-15-11(14)17-12-16-9(7-20-12)10-3-2-8(6-13)19-10/h2-3,7H,4-6,13H2,1H3,(H3,14,15,16,17). The van der Waals surface area contributed by atoms with E-state index in [9.17, 15) is 0 Å². The van der Waals surface area contributed by atoms with E-state index in [1.807, 2.05) is 17.5 Å². The van der Waals surface area contributed by atoms with Crippen molar-refractivity contribution in [1.29, 1.82) is 0 Å². The molecule has 0 spiro atoms. The van der Waals surface area contributed by atoms with Gasteiger partial charge in [-0.3, -0.25) is 4.99 Å². The highest BCUT2D eigenvalue weighted by Gasteiger charge is 2.09. The minimum Gasteiger partial charge on any atom is -0.458 e. The van der Waals surface area contributed by atoms with Gasteiger partial charge in [0.25, 0.3) is 0 Å². The first-order valence-electron chi connectivity index (χ1n) is 6.03. The van der Waals surface area contributed by atoms with Crippen molar-refractivity contribution >= 4 is 22.4 Å². The van der Waals surface area contributed by atoms with E-state index in [1.165, 1.54) is 11.3 Å². The number of anilines is 1. The summed E-state index contributed by atoms with van der Waals surface area (Å²) in [5.74, 6) is 1.72. The van der Waals surface area contributed by atoms with Crippen molar-refractivity contribution in [2.24, 2.45) is 16.5 Å². The molecule has 0 radical (unpaired) electrons. The first kappa shape index (κ1) is 14.5. The Labute approximate surface area is 120 Å². The minimum absolute atomic E-state index is 0.310. The molecule has 5 N–H and O–H groups in total. The van der Waals surface area contributed by atoms with Crippen LogP contribution in [0.25, 0.3) is 11.5 Å². The Morgan fingerprint density at radius 1 is 1.55 bits per heavy atom. The van der Waals surface area contributed by atoms with Crippen molar-refractivity contribution in [1.82, 2.24) is 4.98 Å². The summed E-state index contributed by atoms with van der Waals surface area (Å²) >= 11 is 1.42. The zero-order valence-electron chi connectivity index (χ0n) is 11.1. The fraction of sp³-hybridized carbons (Fsp3) is 0.333. The number of nitrogens with one attached hydrogen (secondary N) is 1. The van der Waals surface area contributed by atoms with E-state index in [0.29, 0.717) is 36.5 Å². The predicted molar refractivity (Wildman–Crippen MR) is 79.7 cm³/mol. The average Bonchev–Trinajstić information content (AvgIpc) is 3.07. The lowest BCUT2D eigenvalue weighted by atomic mass is 10.3. The molecule has 0 saturated heterocycles. The number of hydrogen-bond donors (Lipinski definition) is 3. The van der Waals surface area contributed by atoms with Crippen LogP contribution in [0.15, 0.2) is 26.9 Å². The first-order valence-corrected chi connectivity index (χ1v) is 6.91. The van der Waals surface area contributed by atoms with Gasteiger partial charge in [0.05, 0.1) is 19.7 Å². The molecule has 0 aliphatic rings. The second kappa shape index (κ2) is 7.04. The smallest absolute Gasteiger partial charge is 0.195 e. The molecule has 0 amide bonds. The van der Waals surface area contributed by atoms with Gasteiger partial charge in [-0.2, -0.15) is 0 Å². The molecule has 0 aliphatic carbocycles. The van der Waals surface area contributed by atoms with Gasteiger partial charge in [-0.05, 0) is 12.1 Å². The van der Waals surface area contributed by atoms with Gasteiger partial charge >= 0.3 is 0 Å². The van der Waals surface area contributed by atoms with Gasteiger partial charge in [-0.25, -0.2) is 4.98 Å². The highest BCUT2D eigenvalue weighted by atomic mass is 32.1. The highest BCUT2D eigenvalue weighted by Crippen LogP contribution is 2.26. The topological polar surface area (TPSA) is 112 Å². The van der Waals surface area contributed by atoms with Crippen molar-refractivity contribution in [2.75, 3.05) is 25.6 Å². The maximum atomic E-state index is 5.73. The van der Waals surface area contributed by atoms with Crippen LogP contribution in [0.2, 0.25) is 0 Å². The number of nitrogens with zero attached hydrogens (tertiary/aromatic N) is 2. The van der Waals surface area contributed by atoms with Crippen LogP contribution < -0.4 is 16.8 Å². The Morgan fingerprint density at radius 2 is 2.40 bits per heavy atom. The second-order valence-corrected chi connectivity index (χ2v) is 4.75.